The van der Waals surface area contributed by atoms with E-state index >= 15 is 0 Å². The third-order valence-corrected chi connectivity index (χ3v) is 2.39. The first kappa shape index (κ1) is 11.8. The Morgan fingerprint density at radius 2 is 2.00 bits per heavy atom. The molecule has 1 N–H and O–H groups in total. The molecular weight excluding hydrogens is 226 g/mol. The molecule has 0 aliphatic carbocycles. The van der Waals surface area contributed by atoms with Crippen LogP contribution in [0.15, 0.2) is 48.7 Å². The van der Waals surface area contributed by atoms with E-state index < -0.39 is 0 Å². The van der Waals surface area contributed by atoms with Gasteiger partial charge in [-0.15, -0.1) is 0 Å². The van der Waals surface area contributed by atoms with E-state index in [1.165, 1.54) is 0 Å². The Morgan fingerprint density at radius 3 is 2.72 bits per heavy atom. The lowest BCUT2D eigenvalue weighted by atomic mass is 10.1. The molecule has 0 radical (unpaired) electrons. The standard InChI is InChI=1S/C14H11N3O/c15-10-12-7-4-8-16-14(12)17-13(18)9-11-5-2-1-3-6-11/h1-8H,9H2,(H,16,17,18). The van der Waals surface area contributed by atoms with E-state index in [2.05, 4.69) is 10.3 Å². The van der Waals surface area contributed by atoms with Crippen molar-refractivity contribution in [1.82, 2.24) is 4.98 Å². The number of nitrogens with one attached hydrogen (secondary N) is 1. The summed E-state index contributed by atoms with van der Waals surface area (Å²) in [4.78, 5) is 15.8. The van der Waals surface area contributed by atoms with Crippen LogP contribution in [0.5, 0.6) is 0 Å². The highest BCUT2D eigenvalue weighted by atomic mass is 16.1. The van der Waals surface area contributed by atoms with Crippen molar-refractivity contribution in [2.45, 2.75) is 6.42 Å². The summed E-state index contributed by atoms with van der Waals surface area (Å²) in [5.74, 6) is 0.123. The van der Waals surface area contributed by atoms with Crippen molar-refractivity contribution in [3.63, 3.8) is 0 Å². The number of carbonyl (C=O) groups excluding carboxylic acids is 1. The van der Waals surface area contributed by atoms with Gasteiger partial charge in [-0.2, -0.15) is 5.26 Å². The second-order valence-corrected chi connectivity index (χ2v) is 3.72. The van der Waals surface area contributed by atoms with Crippen LogP contribution in [-0.2, 0) is 11.2 Å². The Hall–Kier alpha value is -2.67. The van der Waals surface area contributed by atoms with E-state index in [-0.39, 0.29) is 12.3 Å². The van der Waals surface area contributed by atoms with Gasteiger partial charge in [0.1, 0.15) is 11.9 Å². The van der Waals surface area contributed by atoms with Crippen molar-refractivity contribution in [1.29, 1.82) is 5.26 Å². The predicted molar refractivity (Wildman–Crippen MR) is 67.7 cm³/mol. The molecule has 2 aromatic rings. The third-order valence-electron chi connectivity index (χ3n) is 2.39. The largest absolute Gasteiger partial charge is 0.309 e. The van der Waals surface area contributed by atoms with Gasteiger partial charge in [0.15, 0.2) is 0 Å². The van der Waals surface area contributed by atoms with Crippen molar-refractivity contribution in [2.75, 3.05) is 5.32 Å². The Morgan fingerprint density at radius 1 is 1.22 bits per heavy atom. The number of benzene rings is 1. The summed E-state index contributed by atoms with van der Waals surface area (Å²) in [6.45, 7) is 0. The van der Waals surface area contributed by atoms with E-state index in [1.54, 1.807) is 18.3 Å². The highest BCUT2D eigenvalue weighted by Crippen LogP contribution is 2.10. The Labute approximate surface area is 105 Å². The summed E-state index contributed by atoms with van der Waals surface area (Å²) >= 11 is 0. The lowest BCUT2D eigenvalue weighted by molar-refractivity contribution is -0.115. The minimum absolute atomic E-state index is 0.184. The molecule has 1 heterocycles. The molecule has 4 nitrogen and oxygen atoms in total. The van der Waals surface area contributed by atoms with Crippen LogP contribution in [0.3, 0.4) is 0 Å². The highest BCUT2D eigenvalue weighted by molar-refractivity contribution is 5.92. The van der Waals surface area contributed by atoms with Crippen molar-refractivity contribution in [3.05, 3.63) is 59.8 Å². The summed E-state index contributed by atoms with van der Waals surface area (Å²) in [5.41, 5.74) is 1.28. The van der Waals surface area contributed by atoms with Gasteiger partial charge in [0.2, 0.25) is 5.91 Å². The van der Waals surface area contributed by atoms with Crippen molar-refractivity contribution in [3.8, 4) is 6.07 Å². The number of nitrogens with zero attached hydrogens (tertiary/aromatic N) is 2. The number of rotatable bonds is 3. The van der Waals surface area contributed by atoms with Crippen LogP contribution in [0.25, 0.3) is 0 Å². The average molecular weight is 237 g/mol. The van der Waals surface area contributed by atoms with Gasteiger partial charge in [-0.05, 0) is 17.7 Å². The minimum atomic E-state index is -0.184. The maximum atomic E-state index is 11.8. The molecule has 0 aliphatic rings. The van der Waals surface area contributed by atoms with Crippen molar-refractivity contribution < 1.29 is 4.79 Å². The number of pyridine rings is 1. The zero-order valence-electron chi connectivity index (χ0n) is 9.63. The zero-order valence-corrected chi connectivity index (χ0v) is 9.63. The van der Waals surface area contributed by atoms with E-state index in [0.29, 0.717) is 11.4 Å². The van der Waals surface area contributed by atoms with Gasteiger partial charge in [-0.1, -0.05) is 30.3 Å². The van der Waals surface area contributed by atoms with Gasteiger partial charge < -0.3 is 5.32 Å². The number of carbonyl (C=O) groups is 1. The monoisotopic (exact) mass is 237 g/mol. The Bertz CT molecular complexity index is 587. The molecule has 0 saturated heterocycles. The van der Waals surface area contributed by atoms with Crippen LogP contribution in [-0.4, -0.2) is 10.9 Å². The minimum Gasteiger partial charge on any atom is -0.309 e. The number of amides is 1. The molecule has 0 fully saturated rings. The molecule has 1 amide bonds. The first-order chi connectivity index (χ1) is 8.79. The number of hydrogen-bond acceptors (Lipinski definition) is 3. The molecule has 1 aromatic heterocycles. The normalized spacial score (nSPS) is 9.50. The van der Waals surface area contributed by atoms with E-state index in [1.807, 2.05) is 36.4 Å². The van der Waals surface area contributed by atoms with Crippen LogP contribution in [0.2, 0.25) is 0 Å². The summed E-state index contributed by atoms with van der Waals surface area (Å²) in [6, 6.07) is 14.7. The van der Waals surface area contributed by atoms with Gasteiger partial charge in [0.05, 0.1) is 12.0 Å². The first-order valence-electron chi connectivity index (χ1n) is 5.48. The van der Waals surface area contributed by atoms with Crippen LogP contribution < -0.4 is 5.32 Å². The maximum absolute atomic E-state index is 11.8. The number of anilines is 1. The molecule has 4 heteroatoms. The molecule has 0 bridgehead atoms. The van der Waals surface area contributed by atoms with Crippen molar-refractivity contribution in [2.24, 2.45) is 0 Å². The molecular formula is C14H11N3O. The molecule has 2 rings (SSSR count). The average Bonchev–Trinajstić information content (AvgIpc) is 2.40. The smallest absolute Gasteiger partial charge is 0.229 e. The molecule has 0 spiro atoms. The number of hydrogen-bond donors (Lipinski definition) is 1. The fourth-order valence-corrected chi connectivity index (χ4v) is 1.55. The molecule has 0 unspecified atom stereocenters. The summed E-state index contributed by atoms with van der Waals surface area (Å²) in [6.07, 6.45) is 1.81. The first-order valence-corrected chi connectivity index (χ1v) is 5.48. The second-order valence-electron chi connectivity index (χ2n) is 3.72. The predicted octanol–water partition coefficient (Wildman–Crippen LogP) is 2.13. The SMILES string of the molecule is N#Cc1cccnc1NC(=O)Cc1ccccc1. The fourth-order valence-electron chi connectivity index (χ4n) is 1.55. The summed E-state index contributed by atoms with van der Waals surface area (Å²) in [7, 11) is 0. The molecule has 0 aliphatic heterocycles. The van der Waals surface area contributed by atoms with Gasteiger partial charge in [0, 0.05) is 6.20 Å². The maximum Gasteiger partial charge on any atom is 0.229 e. The van der Waals surface area contributed by atoms with Crippen LogP contribution in [0.4, 0.5) is 5.82 Å². The number of nitriles is 1. The molecule has 1 aromatic carbocycles. The van der Waals surface area contributed by atoms with Gasteiger partial charge >= 0.3 is 0 Å². The molecule has 0 saturated carbocycles. The van der Waals surface area contributed by atoms with Crippen molar-refractivity contribution >= 4 is 11.7 Å². The molecule has 88 valence electrons. The van der Waals surface area contributed by atoms with Crippen LogP contribution in [0, 0.1) is 11.3 Å². The zero-order chi connectivity index (χ0) is 12.8. The third kappa shape index (κ3) is 2.92. The summed E-state index contributed by atoms with van der Waals surface area (Å²) in [5, 5.41) is 11.5. The van der Waals surface area contributed by atoms with Gasteiger partial charge in [-0.3, -0.25) is 4.79 Å². The fraction of sp³-hybridized carbons (Fsp3) is 0.0714. The summed E-state index contributed by atoms with van der Waals surface area (Å²) < 4.78 is 0. The van der Waals surface area contributed by atoms with E-state index in [4.69, 9.17) is 5.26 Å². The lowest BCUT2D eigenvalue weighted by Crippen LogP contribution is -2.16. The molecule has 18 heavy (non-hydrogen) atoms. The van der Waals surface area contributed by atoms with Crippen LogP contribution >= 0.6 is 0 Å². The van der Waals surface area contributed by atoms with E-state index in [9.17, 15) is 4.79 Å². The lowest BCUT2D eigenvalue weighted by Gasteiger charge is -2.05. The Kier molecular flexibility index (Phi) is 3.67. The van der Waals surface area contributed by atoms with Gasteiger partial charge in [0.25, 0.3) is 0 Å². The molecule has 0 atom stereocenters. The van der Waals surface area contributed by atoms with E-state index in [0.717, 1.165) is 5.56 Å². The quantitative estimate of drug-likeness (QED) is 0.889. The number of aromatic nitrogens is 1. The second kappa shape index (κ2) is 5.60. The highest BCUT2D eigenvalue weighted by Gasteiger charge is 2.07. The topological polar surface area (TPSA) is 65.8 Å². The van der Waals surface area contributed by atoms with Gasteiger partial charge in [-0.25, -0.2) is 4.98 Å². The van der Waals surface area contributed by atoms with Crippen LogP contribution in [0.1, 0.15) is 11.1 Å². The Balaban J connectivity index is 2.06.